The van der Waals surface area contributed by atoms with Crippen molar-refractivity contribution in [3.63, 3.8) is 0 Å². The van der Waals surface area contributed by atoms with Crippen molar-refractivity contribution in [2.75, 3.05) is 19.3 Å². The molecule has 1 rings (SSSR count). The zero-order chi connectivity index (χ0) is 12.0. The lowest BCUT2D eigenvalue weighted by molar-refractivity contribution is 0.231. The Bertz CT molecular complexity index is 340. The predicted molar refractivity (Wildman–Crippen MR) is 73.2 cm³/mol. The molecule has 0 fully saturated rings. The summed E-state index contributed by atoms with van der Waals surface area (Å²) in [6.45, 7) is 2.65. The molecule has 0 unspecified atom stereocenters. The number of amides is 2. The maximum Gasteiger partial charge on any atom is 0.326 e. The maximum absolute atomic E-state index is 11.1. The topological polar surface area (TPSA) is 45.2 Å². The number of hydrogen-bond acceptors (Lipinski definition) is 5. The van der Waals surface area contributed by atoms with Gasteiger partial charge >= 0.3 is 6.03 Å². The first kappa shape index (κ1) is 13.7. The molecule has 2 amide bonds. The number of nitrogens with one attached hydrogen (secondary N) is 1. The molecule has 0 bridgehead atoms. The summed E-state index contributed by atoms with van der Waals surface area (Å²) in [4.78, 5) is 15.5. The van der Waals surface area contributed by atoms with Crippen molar-refractivity contribution in [3.05, 3.63) is 16.1 Å². The van der Waals surface area contributed by atoms with Gasteiger partial charge in [-0.1, -0.05) is 12.8 Å². The number of hydrogen-bond donors (Lipinski definition) is 2. The monoisotopic (exact) mass is 277 g/mol. The Morgan fingerprint density at radius 1 is 1.75 bits per heavy atom. The number of thioether (sulfide) groups is 1. The zero-order valence-corrected chi connectivity index (χ0v) is 11.8. The quantitative estimate of drug-likeness (QED) is 0.640. The van der Waals surface area contributed by atoms with Crippen LogP contribution in [0, 0.1) is 6.92 Å². The smallest absolute Gasteiger partial charge is 0.326 e. The number of carbonyl (C=O) groups excluding carboxylic acids is 1. The summed E-state index contributed by atoms with van der Waals surface area (Å²) in [5.41, 5.74) is 1.07. The van der Waals surface area contributed by atoms with E-state index in [0.29, 0.717) is 6.54 Å². The van der Waals surface area contributed by atoms with Crippen LogP contribution >= 0.6 is 35.9 Å². The van der Waals surface area contributed by atoms with Crippen LogP contribution in [0.25, 0.3) is 0 Å². The summed E-state index contributed by atoms with van der Waals surface area (Å²) in [5.74, 6) is 1.79. The van der Waals surface area contributed by atoms with E-state index in [0.717, 1.165) is 22.2 Å². The molecule has 7 heteroatoms. The van der Waals surface area contributed by atoms with Gasteiger partial charge in [-0.05, 0) is 6.92 Å². The van der Waals surface area contributed by atoms with Crippen molar-refractivity contribution in [2.45, 2.75) is 12.7 Å². The SMILES string of the molecule is Cc1csc(CSCCNC(=O)N(C)S)n1. The number of urea groups is 1. The third-order valence-corrected chi connectivity index (χ3v) is 4.01. The third kappa shape index (κ3) is 5.09. The molecule has 0 spiro atoms. The Balaban J connectivity index is 2.06. The molecule has 0 aromatic carbocycles. The van der Waals surface area contributed by atoms with Gasteiger partial charge in [0.15, 0.2) is 0 Å². The molecule has 1 aromatic rings. The highest BCUT2D eigenvalue weighted by molar-refractivity contribution is 7.98. The molecule has 0 saturated heterocycles. The van der Waals surface area contributed by atoms with Crippen molar-refractivity contribution < 1.29 is 4.79 Å². The third-order valence-electron chi connectivity index (χ3n) is 1.71. The van der Waals surface area contributed by atoms with E-state index in [1.54, 1.807) is 30.1 Å². The molecule has 0 radical (unpaired) electrons. The van der Waals surface area contributed by atoms with Crippen LogP contribution in [0.3, 0.4) is 0 Å². The normalized spacial score (nSPS) is 10.2. The van der Waals surface area contributed by atoms with Gasteiger partial charge in [0.2, 0.25) is 0 Å². The van der Waals surface area contributed by atoms with Gasteiger partial charge in [-0.2, -0.15) is 11.8 Å². The van der Waals surface area contributed by atoms with Crippen molar-refractivity contribution in [3.8, 4) is 0 Å². The maximum atomic E-state index is 11.1. The number of thiazole rings is 1. The lowest BCUT2D eigenvalue weighted by atomic mass is 10.6. The molecule has 0 aliphatic rings. The van der Waals surface area contributed by atoms with Gasteiger partial charge < -0.3 is 5.32 Å². The number of aromatic nitrogens is 1. The van der Waals surface area contributed by atoms with E-state index < -0.39 is 0 Å². The van der Waals surface area contributed by atoms with Gasteiger partial charge in [0.05, 0.1) is 0 Å². The van der Waals surface area contributed by atoms with E-state index in [1.165, 1.54) is 4.31 Å². The van der Waals surface area contributed by atoms with Gasteiger partial charge in [-0.25, -0.2) is 9.78 Å². The van der Waals surface area contributed by atoms with Crippen LogP contribution in [-0.2, 0) is 5.75 Å². The van der Waals surface area contributed by atoms with Crippen LogP contribution in [0.15, 0.2) is 5.38 Å². The first-order chi connectivity index (χ1) is 7.59. The second-order valence-electron chi connectivity index (χ2n) is 3.19. The number of nitrogens with zero attached hydrogens (tertiary/aromatic N) is 2. The minimum absolute atomic E-state index is 0.172. The molecule has 0 atom stereocenters. The Labute approximate surface area is 109 Å². The van der Waals surface area contributed by atoms with E-state index in [4.69, 9.17) is 0 Å². The Morgan fingerprint density at radius 3 is 3.06 bits per heavy atom. The molecule has 0 saturated carbocycles. The van der Waals surface area contributed by atoms with Gasteiger partial charge in [0.25, 0.3) is 0 Å². The van der Waals surface area contributed by atoms with Crippen LogP contribution in [0.2, 0.25) is 0 Å². The molecular formula is C9H15N3OS3. The Morgan fingerprint density at radius 2 is 2.50 bits per heavy atom. The minimum atomic E-state index is -0.172. The van der Waals surface area contributed by atoms with Crippen molar-refractivity contribution in [1.29, 1.82) is 0 Å². The summed E-state index contributed by atoms with van der Waals surface area (Å²) < 4.78 is 1.23. The lowest BCUT2D eigenvalue weighted by Crippen LogP contribution is -2.32. The largest absolute Gasteiger partial charge is 0.336 e. The number of thiol groups is 1. The van der Waals surface area contributed by atoms with E-state index >= 15 is 0 Å². The van der Waals surface area contributed by atoms with Crippen LogP contribution in [0.5, 0.6) is 0 Å². The molecule has 1 aromatic heterocycles. The molecule has 4 nitrogen and oxygen atoms in total. The highest BCUT2D eigenvalue weighted by Gasteiger charge is 2.02. The van der Waals surface area contributed by atoms with E-state index in [2.05, 4.69) is 23.1 Å². The molecule has 0 aliphatic carbocycles. The Kier molecular flexibility index (Phi) is 6.00. The van der Waals surface area contributed by atoms with Gasteiger partial charge in [0, 0.05) is 36.2 Å². The highest BCUT2D eigenvalue weighted by atomic mass is 32.2. The van der Waals surface area contributed by atoms with Crippen LogP contribution in [0.4, 0.5) is 4.79 Å². The fraction of sp³-hybridized carbons (Fsp3) is 0.556. The summed E-state index contributed by atoms with van der Waals surface area (Å²) in [5, 5.41) is 5.93. The van der Waals surface area contributed by atoms with Gasteiger partial charge in [-0.3, -0.25) is 4.31 Å². The molecule has 16 heavy (non-hydrogen) atoms. The summed E-state index contributed by atoms with van der Waals surface area (Å²) in [6, 6.07) is -0.172. The van der Waals surface area contributed by atoms with E-state index in [-0.39, 0.29) is 6.03 Å². The lowest BCUT2D eigenvalue weighted by Gasteiger charge is -2.09. The van der Waals surface area contributed by atoms with E-state index in [9.17, 15) is 4.79 Å². The molecule has 90 valence electrons. The van der Waals surface area contributed by atoms with Crippen LogP contribution < -0.4 is 5.32 Å². The Hall–Kier alpha value is -0.400. The molecule has 1 N–H and O–H groups in total. The fourth-order valence-corrected chi connectivity index (χ4v) is 2.75. The second-order valence-corrected chi connectivity index (χ2v) is 5.84. The molecule has 1 heterocycles. The summed E-state index contributed by atoms with van der Waals surface area (Å²) in [6.07, 6.45) is 0. The first-order valence-electron chi connectivity index (χ1n) is 4.79. The number of aryl methyl sites for hydroxylation is 1. The standard InChI is InChI=1S/C9H15N3OS3/c1-7-5-16-8(11-7)6-15-4-3-10-9(13)12(2)14/h5,14H,3-4,6H2,1-2H3,(H,10,13). The average Bonchev–Trinajstić information content (AvgIpc) is 2.63. The zero-order valence-electron chi connectivity index (χ0n) is 9.27. The summed E-state index contributed by atoms with van der Waals surface area (Å²) >= 11 is 7.33. The van der Waals surface area contributed by atoms with Crippen LogP contribution in [0.1, 0.15) is 10.7 Å². The number of carbonyl (C=O) groups is 1. The number of rotatable bonds is 5. The van der Waals surface area contributed by atoms with Crippen molar-refractivity contribution in [2.24, 2.45) is 0 Å². The van der Waals surface area contributed by atoms with E-state index in [1.807, 2.05) is 12.3 Å². The average molecular weight is 277 g/mol. The fourth-order valence-electron chi connectivity index (χ4n) is 0.973. The summed E-state index contributed by atoms with van der Waals surface area (Å²) in [7, 11) is 1.60. The second kappa shape index (κ2) is 7.03. The molecular weight excluding hydrogens is 262 g/mol. The first-order valence-corrected chi connectivity index (χ1v) is 7.22. The van der Waals surface area contributed by atoms with Crippen LogP contribution in [-0.4, -0.2) is 34.7 Å². The molecule has 0 aliphatic heterocycles. The van der Waals surface area contributed by atoms with Gasteiger partial charge in [0.1, 0.15) is 5.01 Å². The van der Waals surface area contributed by atoms with Gasteiger partial charge in [-0.15, -0.1) is 11.3 Å². The minimum Gasteiger partial charge on any atom is -0.336 e. The van der Waals surface area contributed by atoms with Crippen molar-refractivity contribution in [1.82, 2.24) is 14.6 Å². The van der Waals surface area contributed by atoms with Crippen molar-refractivity contribution >= 4 is 41.9 Å². The predicted octanol–water partition coefficient (Wildman–Crippen LogP) is 2.17. The highest BCUT2D eigenvalue weighted by Crippen LogP contribution is 2.15.